The fourth-order valence-electron chi connectivity index (χ4n) is 2.98. The SMILES string of the molecule is Nc1c(Nc2ccccn2)ncnc1N1CCN(c2ccccn2)CC1. The van der Waals surface area contributed by atoms with Crippen molar-refractivity contribution >= 4 is 29.0 Å². The van der Waals surface area contributed by atoms with Crippen LogP contribution in [0.2, 0.25) is 0 Å². The highest BCUT2D eigenvalue weighted by atomic mass is 15.3. The smallest absolute Gasteiger partial charge is 0.160 e. The average Bonchev–Trinajstić information content (AvgIpc) is 2.71. The zero-order valence-corrected chi connectivity index (χ0v) is 14.3. The zero-order valence-electron chi connectivity index (χ0n) is 14.3. The van der Waals surface area contributed by atoms with Crippen molar-refractivity contribution in [1.82, 2.24) is 19.9 Å². The van der Waals surface area contributed by atoms with Gasteiger partial charge in [0.25, 0.3) is 0 Å². The molecule has 1 aliphatic heterocycles. The van der Waals surface area contributed by atoms with Crippen LogP contribution in [-0.2, 0) is 0 Å². The molecule has 3 aromatic rings. The number of nitrogen functional groups attached to an aromatic ring is 1. The lowest BCUT2D eigenvalue weighted by Gasteiger charge is -2.36. The average molecular weight is 348 g/mol. The maximum atomic E-state index is 6.32. The van der Waals surface area contributed by atoms with E-state index in [4.69, 9.17) is 5.73 Å². The van der Waals surface area contributed by atoms with Gasteiger partial charge in [-0.1, -0.05) is 12.1 Å². The predicted octanol–water partition coefficient (Wildman–Crippen LogP) is 1.92. The van der Waals surface area contributed by atoms with Crippen molar-refractivity contribution in [2.75, 3.05) is 47.0 Å². The van der Waals surface area contributed by atoms with Crippen molar-refractivity contribution in [1.29, 1.82) is 0 Å². The van der Waals surface area contributed by atoms with Gasteiger partial charge in [-0.05, 0) is 24.3 Å². The molecule has 4 rings (SSSR count). The number of aromatic nitrogens is 4. The van der Waals surface area contributed by atoms with Gasteiger partial charge in [-0.25, -0.2) is 19.9 Å². The first-order valence-electron chi connectivity index (χ1n) is 8.51. The molecule has 132 valence electrons. The van der Waals surface area contributed by atoms with Gasteiger partial charge >= 0.3 is 0 Å². The molecule has 0 radical (unpaired) electrons. The predicted molar refractivity (Wildman–Crippen MR) is 103 cm³/mol. The van der Waals surface area contributed by atoms with E-state index in [1.54, 1.807) is 6.20 Å². The maximum Gasteiger partial charge on any atom is 0.160 e. The Hall–Kier alpha value is -3.42. The summed E-state index contributed by atoms with van der Waals surface area (Å²) in [7, 11) is 0. The van der Waals surface area contributed by atoms with Gasteiger partial charge in [0, 0.05) is 38.6 Å². The van der Waals surface area contributed by atoms with E-state index in [0.29, 0.717) is 17.3 Å². The van der Waals surface area contributed by atoms with Crippen LogP contribution < -0.4 is 20.9 Å². The van der Waals surface area contributed by atoms with Crippen LogP contribution in [0.25, 0.3) is 0 Å². The van der Waals surface area contributed by atoms with Gasteiger partial charge in [0.2, 0.25) is 0 Å². The molecule has 1 saturated heterocycles. The number of hydrogen-bond donors (Lipinski definition) is 2. The minimum atomic E-state index is 0.532. The Morgan fingerprint density at radius 3 is 2.23 bits per heavy atom. The number of hydrogen-bond acceptors (Lipinski definition) is 8. The summed E-state index contributed by atoms with van der Waals surface area (Å²) in [5, 5.41) is 3.15. The van der Waals surface area contributed by atoms with E-state index in [1.807, 2.05) is 42.6 Å². The third kappa shape index (κ3) is 3.34. The summed E-state index contributed by atoms with van der Waals surface area (Å²) < 4.78 is 0. The summed E-state index contributed by atoms with van der Waals surface area (Å²) in [6, 6.07) is 11.6. The van der Waals surface area contributed by atoms with Gasteiger partial charge in [0.15, 0.2) is 11.6 Å². The lowest BCUT2D eigenvalue weighted by Crippen LogP contribution is -2.47. The Labute approximate surface area is 151 Å². The first-order chi connectivity index (χ1) is 12.8. The fourth-order valence-corrected chi connectivity index (χ4v) is 2.98. The van der Waals surface area contributed by atoms with E-state index in [9.17, 15) is 0 Å². The lowest BCUT2D eigenvalue weighted by atomic mass is 10.3. The molecule has 3 N–H and O–H groups in total. The number of nitrogens with one attached hydrogen (secondary N) is 1. The third-order valence-corrected chi connectivity index (χ3v) is 4.33. The van der Waals surface area contributed by atoms with Crippen LogP contribution >= 0.6 is 0 Å². The molecule has 0 aliphatic carbocycles. The molecule has 0 atom stereocenters. The second kappa shape index (κ2) is 7.22. The van der Waals surface area contributed by atoms with Gasteiger partial charge in [-0.15, -0.1) is 0 Å². The normalized spacial score (nSPS) is 14.3. The van der Waals surface area contributed by atoms with Crippen LogP contribution in [-0.4, -0.2) is 46.1 Å². The summed E-state index contributed by atoms with van der Waals surface area (Å²) in [6.45, 7) is 3.37. The van der Waals surface area contributed by atoms with Crippen LogP contribution in [0, 0.1) is 0 Å². The molecule has 26 heavy (non-hydrogen) atoms. The van der Waals surface area contributed by atoms with Gasteiger partial charge in [-0.3, -0.25) is 0 Å². The number of pyridine rings is 2. The highest BCUT2D eigenvalue weighted by molar-refractivity contribution is 5.77. The number of piperazine rings is 1. The molecule has 0 unspecified atom stereocenters. The summed E-state index contributed by atoms with van der Waals surface area (Å²) in [5.41, 5.74) is 6.86. The summed E-state index contributed by atoms with van der Waals surface area (Å²) in [6.07, 6.45) is 5.07. The van der Waals surface area contributed by atoms with Crippen LogP contribution in [0.3, 0.4) is 0 Å². The number of nitrogens with zero attached hydrogens (tertiary/aromatic N) is 6. The van der Waals surface area contributed by atoms with E-state index < -0.39 is 0 Å². The van der Waals surface area contributed by atoms with Crippen LogP contribution in [0.5, 0.6) is 0 Å². The second-order valence-corrected chi connectivity index (χ2v) is 5.96. The summed E-state index contributed by atoms with van der Waals surface area (Å²) >= 11 is 0. The fraction of sp³-hybridized carbons (Fsp3) is 0.222. The molecule has 1 fully saturated rings. The quantitative estimate of drug-likeness (QED) is 0.738. The van der Waals surface area contributed by atoms with E-state index >= 15 is 0 Å². The molecular weight excluding hydrogens is 328 g/mol. The molecule has 0 saturated carbocycles. The third-order valence-electron chi connectivity index (χ3n) is 4.33. The molecule has 1 aliphatic rings. The van der Waals surface area contributed by atoms with Gasteiger partial charge in [-0.2, -0.15) is 0 Å². The van der Waals surface area contributed by atoms with Gasteiger partial charge in [0.05, 0.1) is 0 Å². The molecule has 4 heterocycles. The highest BCUT2D eigenvalue weighted by Crippen LogP contribution is 2.29. The van der Waals surface area contributed by atoms with E-state index in [-0.39, 0.29) is 0 Å². The Morgan fingerprint density at radius 1 is 0.808 bits per heavy atom. The first kappa shape index (κ1) is 16.1. The van der Waals surface area contributed by atoms with Crippen LogP contribution in [0.15, 0.2) is 55.1 Å². The van der Waals surface area contributed by atoms with Crippen molar-refractivity contribution in [3.63, 3.8) is 0 Å². The second-order valence-electron chi connectivity index (χ2n) is 5.96. The Bertz CT molecular complexity index is 848. The standard InChI is InChI=1S/C18H20N8/c19-16-17(24-14-5-1-3-7-20-14)22-13-23-18(16)26-11-9-25(10-12-26)15-6-2-4-8-21-15/h1-8,13H,9-12,19H2,(H,20,22,23,24). The van der Waals surface area contributed by atoms with Gasteiger partial charge < -0.3 is 20.9 Å². The Kier molecular flexibility index (Phi) is 4.46. The molecule has 8 nitrogen and oxygen atoms in total. The number of nitrogens with two attached hydrogens (primary N) is 1. The first-order valence-corrected chi connectivity index (χ1v) is 8.51. The van der Waals surface area contributed by atoms with Crippen molar-refractivity contribution in [2.45, 2.75) is 0 Å². The number of rotatable bonds is 4. The molecule has 0 bridgehead atoms. The minimum Gasteiger partial charge on any atom is -0.393 e. The van der Waals surface area contributed by atoms with E-state index in [2.05, 4.69) is 35.1 Å². The zero-order chi connectivity index (χ0) is 17.8. The monoisotopic (exact) mass is 348 g/mol. The lowest BCUT2D eigenvalue weighted by molar-refractivity contribution is 0.642. The Morgan fingerprint density at radius 2 is 1.54 bits per heavy atom. The maximum absolute atomic E-state index is 6.32. The summed E-state index contributed by atoms with van der Waals surface area (Å²) in [5.74, 6) is 3.02. The molecule has 8 heteroatoms. The van der Waals surface area contributed by atoms with Crippen molar-refractivity contribution in [2.24, 2.45) is 0 Å². The van der Waals surface area contributed by atoms with Crippen LogP contribution in [0.1, 0.15) is 0 Å². The van der Waals surface area contributed by atoms with Crippen molar-refractivity contribution in [3.05, 3.63) is 55.1 Å². The highest BCUT2D eigenvalue weighted by Gasteiger charge is 2.22. The molecule has 0 spiro atoms. The molecule has 0 amide bonds. The van der Waals surface area contributed by atoms with Crippen molar-refractivity contribution < 1.29 is 0 Å². The summed E-state index contributed by atoms with van der Waals surface area (Å²) in [4.78, 5) is 21.8. The molecule has 0 aromatic carbocycles. The Balaban J connectivity index is 1.48. The van der Waals surface area contributed by atoms with Crippen molar-refractivity contribution in [3.8, 4) is 0 Å². The molecule has 3 aromatic heterocycles. The van der Waals surface area contributed by atoms with Crippen LogP contribution in [0.4, 0.5) is 29.0 Å². The van der Waals surface area contributed by atoms with E-state index in [0.717, 1.165) is 37.8 Å². The largest absolute Gasteiger partial charge is 0.393 e. The van der Waals surface area contributed by atoms with Gasteiger partial charge in [0.1, 0.15) is 23.7 Å². The number of anilines is 5. The molecular formula is C18H20N8. The minimum absolute atomic E-state index is 0.532. The topological polar surface area (TPSA) is 96.1 Å². The van der Waals surface area contributed by atoms with E-state index in [1.165, 1.54) is 6.33 Å².